The third-order valence-electron chi connectivity index (χ3n) is 4.69. The lowest BCUT2D eigenvalue weighted by Gasteiger charge is -2.34. The molecule has 144 valence electrons. The van der Waals surface area contributed by atoms with Crippen molar-refractivity contribution in [2.45, 2.75) is 19.9 Å². The summed E-state index contributed by atoms with van der Waals surface area (Å²) in [6.45, 7) is 9.33. The van der Waals surface area contributed by atoms with E-state index < -0.39 is 4.92 Å². The first-order valence-corrected chi connectivity index (χ1v) is 9.18. The predicted molar refractivity (Wildman–Crippen MR) is 106 cm³/mol. The normalized spacial score (nSPS) is 16.9. The number of likely N-dealkylation sites (N-methyl/N-ethyl adjacent to an activating group) is 1. The van der Waals surface area contributed by atoms with Crippen LogP contribution in [0.3, 0.4) is 0 Å². The fraction of sp³-hybridized carbons (Fsp3) is 0.474. The molecule has 2 aromatic rings. The molecule has 1 atom stereocenters. The number of nitrogens with one attached hydrogen (secondary N) is 1. The summed E-state index contributed by atoms with van der Waals surface area (Å²) in [5, 5.41) is 14.5. The lowest BCUT2D eigenvalue weighted by Crippen LogP contribution is -2.47. The fourth-order valence-corrected chi connectivity index (χ4v) is 3.25. The molecule has 1 aliphatic rings. The second-order valence-corrected chi connectivity index (χ2v) is 7.17. The molecule has 3 rings (SSSR count). The van der Waals surface area contributed by atoms with Crippen molar-refractivity contribution in [2.75, 3.05) is 45.1 Å². The summed E-state index contributed by atoms with van der Waals surface area (Å²) in [5.74, 6) is 1.23. The van der Waals surface area contributed by atoms with Crippen molar-refractivity contribution in [1.82, 2.24) is 19.8 Å². The molecule has 8 nitrogen and oxygen atoms in total. The highest BCUT2D eigenvalue weighted by atomic mass is 16.6. The number of nitro groups is 1. The topological polar surface area (TPSA) is 87.4 Å². The van der Waals surface area contributed by atoms with Gasteiger partial charge in [0, 0.05) is 68.2 Å². The van der Waals surface area contributed by atoms with Gasteiger partial charge in [0.15, 0.2) is 5.82 Å². The van der Waals surface area contributed by atoms with E-state index in [0.717, 1.165) is 44.2 Å². The van der Waals surface area contributed by atoms with E-state index in [1.165, 1.54) is 12.1 Å². The minimum Gasteiger partial charge on any atom is -0.366 e. The van der Waals surface area contributed by atoms with Crippen LogP contribution in [0.15, 0.2) is 30.3 Å². The van der Waals surface area contributed by atoms with Gasteiger partial charge in [-0.2, -0.15) is 0 Å². The Labute approximate surface area is 159 Å². The molecule has 8 heteroatoms. The van der Waals surface area contributed by atoms with E-state index in [-0.39, 0.29) is 11.7 Å². The van der Waals surface area contributed by atoms with Gasteiger partial charge in [-0.15, -0.1) is 0 Å². The van der Waals surface area contributed by atoms with E-state index in [4.69, 9.17) is 0 Å². The van der Waals surface area contributed by atoms with Crippen LogP contribution in [0.2, 0.25) is 0 Å². The zero-order chi connectivity index (χ0) is 19.4. The van der Waals surface area contributed by atoms with Crippen molar-refractivity contribution < 1.29 is 4.92 Å². The van der Waals surface area contributed by atoms with Gasteiger partial charge in [0.2, 0.25) is 0 Å². The van der Waals surface area contributed by atoms with Crippen molar-refractivity contribution in [2.24, 2.45) is 0 Å². The van der Waals surface area contributed by atoms with Gasteiger partial charge in [-0.3, -0.25) is 15.0 Å². The molecule has 1 aromatic carbocycles. The zero-order valence-corrected chi connectivity index (χ0v) is 16.1. The smallest absolute Gasteiger partial charge is 0.270 e. The van der Waals surface area contributed by atoms with Crippen molar-refractivity contribution in [3.63, 3.8) is 0 Å². The summed E-state index contributed by atoms with van der Waals surface area (Å²) in [6.07, 6.45) is 0. The second-order valence-electron chi connectivity index (χ2n) is 7.17. The van der Waals surface area contributed by atoms with Crippen LogP contribution in [0.5, 0.6) is 0 Å². The maximum absolute atomic E-state index is 11.0. The van der Waals surface area contributed by atoms with E-state index in [0.29, 0.717) is 11.4 Å². The number of anilines is 1. The average molecular weight is 370 g/mol. The Morgan fingerprint density at radius 2 is 1.96 bits per heavy atom. The zero-order valence-electron chi connectivity index (χ0n) is 16.1. The molecule has 1 saturated heterocycles. The molecule has 2 heterocycles. The van der Waals surface area contributed by atoms with Crippen LogP contribution in [-0.4, -0.2) is 70.5 Å². The first-order chi connectivity index (χ1) is 12.9. The van der Waals surface area contributed by atoms with Gasteiger partial charge in [-0.05, 0) is 20.9 Å². The average Bonchev–Trinajstić information content (AvgIpc) is 2.63. The third-order valence-corrected chi connectivity index (χ3v) is 4.69. The number of benzene rings is 1. The van der Waals surface area contributed by atoms with Gasteiger partial charge in [0.25, 0.3) is 5.69 Å². The first kappa shape index (κ1) is 19.2. The standard InChI is InChI=1S/C19H26N6O2/c1-14-11-18(20-15(2)13-24-9-7-23(3)8-10-24)22-19(21-14)16-5-4-6-17(12-16)25(26)27/h4-6,11-12,15H,7-10,13H2,1-3H3,(H,20,21,22). The molecule has 0 amide bonds. The quantitative estimate of drug-likeness (QED) is 0.617. The van der Waals surface area contributed by atoms with Crippen molar-refractivity contribution in [3.8, 4) is 11.4 Å². The summed E-state index contributed by atoms with van der Waals surface area (Å²) in [6, 6.07) is 8.56. The van der Waals surface area contributed by atoms with Crippen LogP contribution in [0.4, 0.5) is 11.5 Å². The van der Waals surface area contributed by atoms with Gasteiger partial charge in [-0.25, -0.2) is 9.97 Å². The molecule has 1 aliphatic heterocycles. The summed E-state index contributed by atoms with van der Waals surface area (Å²) in [5.41, 5.74) is 1.50. The maximum atomic E-state index is 11.0. The Hall–Kier alpha value is -2.58. The number of hydrogen-bond acceptors (Lipinski definition) is 7. The molecule has 0 aliphatic carbocycles. The number of nitro benzene ring substituents is 1. The Bertz CT molecular complexity index is 805. The van der Waals surface area contributed by atoms with E-state index in [1.807, 2.05) is 13.0 Å². The van der Waals surface area contributed by atoms with Gasteiger partial charge >= 0.3 is 0 Å². The molecule has 0 spiro atoms. The molecule has 0 bridgehead atoms. The van der Waals surface area contributed by atoms with E-state index in [1.54, 1.807) is 12.1 Å². The second kappa shape index (κ2) is 8.41. The van der Waals surface area contributed by atoms with Crippen LogP contribution in [0.25, 0.3) is 11.4 Å². The van der Waals surface area contributed by atoms with E-state index in [9.17, 15) is 10.1 Å². The highest BCUT2D eigenvalue weighted by molar-refractivity contribution is 5.61. The van der Waals surface area contributed by atoms with Crippen LogP contribution < -0.4 is 5.32 Å². The number of aromatic nitrogens is 2. The minimum absolute atomic E-state index is 0.0375. The molecule has 0 radical (unpaired) electrons. The SMILES string of the molecule is Cc1cc(NC(C)CN2CCN(C)CC2)nc(-c2cccc([N+](=O)[O-])c2)n1. The first-order valence-electron chi connectivity index (χ1n) is 9.18. The largest absolute Gasteiger partial charge is 0.366 e. The van der Waals surface area contributed by atoms with Crippen molar-refractivity contribution in [1.29, 1.82) is 0 Å². The third kappa shape index (κ3) is 5.21. The van der Waals surface area contributed by atoms with Gasteiger partial charge in [-0.1, -0.05) is 12.1 Å². The van der Waals surface area contributed by atoms with Crippen LogP contribution in [0, 0.1) is 17.0 Å². The Balaban J connectivity index is 1.71. The molecule has 1 N–H and O–H groups in total. The summed E-state index contributed by atoms with van der Waals surface area (Å²) < 4.78 is 0. The number of rotatable bonds is 6. The molecule has 1 fully saturated rings. The Morgan fingerprint density at radius 3 is 2.67 bits per heavy atom. The number of aryl methyl sites for hydroxylation is 1. The molecular formula is C19H26N6O2. The van der Waals surface area contributed by atoms with Crippen LogP contribution in [-0.2, 0) is 0 Å². The molecule has 27 heavy (non-hydrogen) atoms. The number of nitrogens with zero attached hydrogens (tertiary/aromatic N) is 5. The fourth-order valence-electron chi connectivity index (χ4n) is 3.25. The summed E-state index contributed by atoms with van der Waals surface area (Å²) in [7, 11) is 2.15. The predicted octanol–water partition coefficient (Wildman–Crippen LogP) is 2.41. The lowest BCUT2D eigenvalue weighted by atomic mass is 10.2. The molecule has 1 aromatic heterocycles. The summed E-state index contributed by atoms with van der Waals surface area (Å²) >= 11 is 0. The molecule has 0 saturated carbocycles. The lowest BCUT2D eigenvalue weighted by molar-refractivity contribution is -0.384. The summed E-state index contributed by atoms with van der Waals surface area (Å²) in [4.78, 5) is 24.4. The number of hydrogen-bond donors (Lipinski definition) is 1. The molecule has 1 unspecified atom stereocenters. The van der Waals surface area contributed by atoms with Gasteiger partial charge < -0.3 is 10.2 Å². The maximum Gasteiger partial charge on any atom is 0.270 e. The minimum atomic E-state index is -0.406. The highest BCUT2D eigenvalue weighted by Gasteiger charge is 2.17. The van der Waals surface area contributed by atoms with Crippen LogP contribution in [0.1, 0.15) is 12.6 Å². The van der Waals surface area contributed by atoms with Crippen molar-refractivity contribution in [3.05, 3.63) is 46.1 Å². The Morgan fingerprint density at radius 1 is 1.22 bits per heavy atom. The van der Waals surface area contributed by atoms with Gasteiger partial charge in [0.05, 0.1) is 4.92 Å². The molecular weight excluding hydrogens is 344 g/mol. The number of non-ortho nitro benzene ring substituents is 1. The Kier molecular flexibility index (Phi) is 5.98. The number of piperazine rings is 1. The highest BCUT2D eigenvalue weighted by Crippen LogP contribution is 2.22. The van der Waals surface area contributed by atoms with E-state index >= 15 is 0 Å². The van der Waals surface area contributed by atoms with Crippen molar-refractivity contribution >= 4 is 11.5 Å². The van der Waals surface area contributed by atoms with Gasteiger partial charge in [0.1, 0.15) is 5.82 Å². The van der Waals surface area contributed by atoms with Crippen LogP contribution >= 0.6 is 0 Å². The monoisotopic (exact) mass is 370 g/mol. The van der Waals surface area contributed by atoms with E-state index in [2.05, 4.69) is 39.1 Å².